The van der Waals surface area contributed by atoms with E-state index >= 15 is 0 Å². The van der Waals surface area contributed by atoms with Gasteiger partial charge in [0.1, 0.15) is 5.75 Å². The standard InChI is InChI=1S/C16H20N2O3S/c1-3-9-20-15(19)13(4-2)21-14-8-6-5-7-11(14)12-10-22-16(17)18-12/h5-8,10,13H,3-4,9H2,1-2H3,(H2,17,18). The molecule has 2 N–H and O–H groups in total. The number of nitrogens with zero attached hydrogens (tertiary/aromatic N) is 1. The predicted molar refractivity (Wildman–Crippen MR) is 87.9 cm³/mol. The molecule has 1 unspecified atom stereocenters. The molecule has 6 heteroatoms. The monoisotopic (exact) mass is 320 g/mol. The normalized spacial score (nSPS) is 11.9. The highest BCUT2D eigenvalue weighted by atomic mass is 32.1. The number of benzene rings is 1. The second-order valence-electron chi connectivity index (χ2n) is 4.75. The van der Waals surface area contributed by atoms with Gasteiger partial charge in [-0.15, -0.1) is 11.3 Å². The van der Waals surface area contributed by atoms with Gasteiger partial charge in [0.05, 0.1) is 12.3 Å². The minimum Gasteiger partial charge on any atom is -0.478 e. The van der Waals surface area contributed by atoms with Crippen LogP contribution in [0.1, 0.15) is 26.7 Å². The van der Waals surface area contributed by atoms with Crippen LogP contribution in [0.25, 0.3) is 11.3 Å². The van der Waals surface area contributed by atoms with Crippen LogP contribution in [0.15, 0.2) is 29.6 Å². The van der Waals surface area contributed by atoms with Crippen molar-refractivity contribution < 1.29 is 14.3 Å². The van der Waals surface area contributed by atoms with Crippen molar-refractivity contribution in [3.63, 3.8) is 0 Å². The van der Waals surface area contributed by atoms with Crippen LogP contribution in [0, 0.1) is 0 Å². The number of hydrogen-bond acceptors (Lipinski definition) is 6. The SMILES string of the molecule is CCCOC(=O)C(CC)Oc1ccccc1-c1csc(N)n1. The number of hydrogen-bond donors (Lipinski definition) is 1. The van der Waals surface area contributed by atoms with Gasteiger partial charge in [0.15, 0.2) is 11.2 Å². The van der Waals surface area contributed by atoms with Crippen molar-refractivity contribution in [1.82, 2.24) is 4.98 Å². The van der Waals surface area contributed by atoms with Gasteiger partial charge in [-0.3, -0.25) is 0 Å². The Morgan fingerprint density at radius 1 is 1.36 bits per heavy atom. The summed E-state index contributed by atoms with van der Waals surface area (Å²) >= 11 is 1.37. The second-order valence-corrected chi connectivity index (χ2v) is 5.64. The first-order valence-electron chi connectivity index (χ1n) is 7.29. The number of carbonyl (C=O) groups is 1. The third-order valence-corrected chi connectivity index (χ3v) is 3.71. The van der Waals surface area contributed by atoms with E-state index in [1.54, 1.807) is 0 Å². The van der Waals surface area contributed by atoms with Crippen molar-refractivity contribution >= 4 is 22.4 Å². The number of nitrogen functional groups attached to an aromatic ring is 1. The van der Waals surface area contributed by atoms with Gasteiger partial charge in [0, 0.05) is 10.9 Å². The summed E-state index contributed by atoms with van der Waals surface area (Å²) in [5.41, 5.74) is 7.25. The summed E-state index contributed by atoms with van der Waals surface area (Å²) in [6.45, 7) is 4.25. The summed E-state index contributed by atoms with van der Waals surface area (Å²) in [7, 11) is 0. The fourth-order valence-electron chi connectivity index (χ4n) is 1.94. The zero-order chi connectivity index (χ0) is 15.9. The minimum absolute atomic E-state index is 0.336. The summed E-state index contributed by atoms with van der Waals surface area (Å²) in [4.78, 5) is 16.3. The zero-order valence-electron chi connectivity index (χ0n) is 12.7. The van der Waals surface area contributed by atoms with Crippen LogP contribution in [-0.2, 0) is 9.53 Å². The first-order valence-corrected chi connectivity index (χ1v) is 8.17. The molecule has 1 aromatic carbocycles. The van der Waals surface area contributed by atoms with Gasteiger partial charge in [-0.25, -0.2) is 9.78 Å². The molecular formula is C16H20N2O3S. The van der Waals surface area contributed by atoms with Gasteiger partial charge < -0.3 is 15.2 Å². The molecule has 1 atom stereocenters. The fourth-order valence-corrected chi connectivity index (χ4v) is 2.50. The maximum Gasteiger partial charge on any atom is 0.347 e. The van der Waals surface area contributed by atoms with E-state index in [-0.39, 0.29) is 5.97 Å². The molecule has 0 aliphatic rings. The molecule has 0 aliphatic carbocycles. The molecule has 0 amide bonds. The van der Waals surface area contributed by atoms with E-state index in [1.807, 2.05) is 43.5 Å². The Kier molecular flexibility index (Phi) is 5.77. The molecule has 0 spiro atoms. The van der Waals surface area contributed by atoms with E-state index in [9.17, 15) is 4.79 Å². The average molecular weight is 320 g/mol. The molecule has 1 heterocycles. The maximum atomic E-state index is 12.0. The molecule has 1 aromatic heterocycles. The highest BCUT2D eigenvalue weighted by molar-refractivity contribution is 7.13. The lowest BCUT2D eigenvalue weighted by atomic mass is 10.1. The molecule has 0 saturated heterocycles. The predicted octanol–water partition coefficient (Wildman–Crippen LogP) is 3.50. The smallest absolute Gasteiger partial charge is 0.347 e. The highest BCUT2D eigenvalue weighted by Crippen LogP contribution is 2.32. The number of nitrogens with two attached hydrogens (primary N) is 1. The zero-order valence-corrected chi connectivity index (χ0v) is 13.6. The Balaban J connectivity index is 2.20. The molecule has 0 bridgehead atoms. The molecule has 0 aliphatic heterocycles. The number of anilines is 1. The van der Waals surface area contributed by atoms with Crippen LogP contribution in [-0.4, -0.2) is 23.7 Å². The largest absolute Gasteiger partial charge is 0.478 e. The molecule has 2 aromatic rings. The second kappa shape index (κ2) is 7.79. The summed E-state index contributed by atoms with van der Waals surface area (Å²) in [6.07, 6.45) is 0.705. The molecular weight excluding hydrogens is 300 g/mol. The molecule has 5 nitrogen and oxygen atoms in total. The first kappa shape index (κ1) is 16.3. The van der Waals surface area contributed by atoms with Gasteiger partial charge in [-0.1, -0.05) is 26.0 Å². The van der Waals surface area contributed by atoms with Crippen LogP contribution in [0.2, 0.25) is 0 Å². The lowest BCUT2D eigenvalue weighted by Gasteiger charge is -2.18. The number of para-hydroxylation sites is 1. The van der Waals surface area contributed by atoms with Gasteiger partial charge >= 0.3 is 5.97 Å². The Morgan fingerprint density at radius 2 is 2.14 bits per heavy atom. The van der Waals surface area contributed by atoms with E-state index in [1.165, 1.54) is 11.3 Å². The van der Waals surface area contributed by atoms with Crippen molar-refractivity contribution in [1.29, 1.82) is 0 Å². The lowest BCUT2D eigenvalue weighted by Crippen LogP contribution is -2.29. The van der Waals surface area contributed by atoms with Crippen LogP contribution in [0.4, 0.5) is 5.13 Å². The summed E-state index contributed by atoms with van der Waals surface area (Å²) < 4.78 is 11.0. The lowest BCUT2D eigenvalue weighted by molar-refractivity contribution is -0.152. The Bertz CT molecular complexity index is 627. The molecule has 0 radical (unpaired) electrons. The molecule has 2 rings (SSSR count). The van der Waals surface area contributed by atoms with Crippen LogP contribution in [0.5, 0.6) is 5.75 Å². The van der Waals surface area contributed by atoms with E-state index in [2.05, 4.69) is 4.98 Å². The van der Waals surface area contributed by atoms with Crippen molar-refractivity contribution in [2.45, 2.75) is 32.8 Å². The summed E-state index contributed by atoms with van der Waals surface area (Å²) in [6, 6.07) is 7.47. The third kappa shape index (κ3) is 3.98. The van der Waals surface area contributed by atoms with Gasteiger partial charge in [0.25, 0.3) is 0 Å². The van der Waals surface area contributed by atoms with Gasteiger partial charge in [-0.05, 0) is 25.0 Å². The Labute approximate surface area is 134 Å². The summed E-state index contributed by atoms with van der Waals surface area (Å²) in [5.74, 6) is 0.269. The number of aromatic nitrogens is 1. The number of esters is 1. The van der Waals surface area contributed by atoms with Crippen molar-refractivity contribution in [2.75, 3.05) is 12.3 Å². The average Bonchev–Trinajstić information content (AvgIpc) is 2.97. The quantitative estimate of drug-likeness (QED) is 0.790. The van der Waals surface area contributed by atoms with Crippen LogP contribution < -0.4 is 10.5 Å². The maximum absolute atomic E-state index is 12.0. The van der Waals surface area contributed by atoms with Crippen molar-refractivity contribution in [2.24, 2.45) is 0 Å². The fraction of sp³-hybridized carbons (Fsp3) is 0.375. The van der Waals surface area contributed by atoms with E-state index < -0.39 is 6.10 Å². The first-order chi connectivity index (χ1) is 10.7. The number of ether oxygens (including phenoxy) is 2. The van der Waals surface area contributed by atoms with E-state index in [0.717, 1.165) is 17.7 Å². The number of rotatable bonds is 7. The van der Waals surface area contributed by atoms with Crippen LogP contribution >= 0.6 is 11.3 Å². The third-order valence-electron chi connectivity index (χ3n) is 3.04. The number of carbonyl (C=O) groups excluding carboxylic acids is 1. The van der Waals surface area contributed by atoms with Crippen LogP contribution in [0.3, 0.4) is 0 Å². The highest BCUT2D eigenvalue weighted by Gasteiger charge is 2.21. The van der Waals surface area contributed by atoms with Crippen molar-refractivity contribution in [3.05, 3.63) is 29.6 Å². The Hall–Kier alpha value is -2.08. The Morgan fingerprint density at radius 3 is 2.77 bits per heavy atom. The number of thiazole rings is 1. The molecule has 0 fully saturated rings. The molecule has 0 saturated carbocycles. The van der Waals surface area contributed by atoms with Crippen molar-refractivity contribution in [3.8, 4) is 17.0 Å². The summed E-state index contributed by atoms with van der Waals surface area (Å²) in [5, 5.41) is 2.37. The van der Waals surface area contributed by atoms with E-state index in [4.69, 9.17) is 15.2 Å². The topological polar surface area (TPSA) is 74.4 Å². The van der Waals surface area contributed by atoms with Gasteiger partial charge in [-0.2, -0.15) is 0 Å². The molecule has 118 valence electrons. The van der Waals surface area contributed by atoms with E-state index in [0.29, 0.717) is 23.9 Å². The molecule has 22 heavy (non-hydrogen) atoms. The van der Waals surface area contributed by atoms with Gasteiger partial charge in [0.2, 0.25) is 0 Å². The minimum atomic E-state index is -0.622.